The van der Waals surface area contributed by atoms with Gasteiger partial charge in [0.15, 0.2) is 12.4 Å². The summed E-state index contributed by atoms with van der Waals surface area (Å²) < 4.78 is 10.5. The van der Waals surface area contributed by atoms with Crippen molar-refractivity contribution in [2.75, 3.05) is 13.7 Å². The molecule has 2 aromatic rings. The number of carbonyl (C=O) groups excluding carboxylic acids is 2. The van der Waals surface area contributed by atoms with E-state index in [4.69, 9.17) is 9.47 Å². The lowest BCUT2D eigenvalue weighted by atomic mass is 9.63. The molecule has 0 N–H and O–H groups in total. The second kappa shape index (κ2) is 7.66. The van der Waals surface area contributed by atoms with E-state index in [9.17, 15) is 9.59 Å². The van der Waals surface area contributed by atoms with Crippen LogP contribution in [0, 0.1) is 6.92 Å². The number of ether oxygens (including phenoxy) is 2. The summed E-state index contributed by atoms with van der Waals surface area (Å²) >= 11 is 0. The first-order valence-corrected chi connectivity index (χ1v) is 10.1. The number of rotatable bonds is 5. The van der Waals surface area contributed by atoms with Crippen molar-refractivity contribution in [1.82, 2.24) is 0 Å². The fraction of sp³-hybridized carbons (Fsp3) is 0.440. The average Bonchev–Trinajstić information content (AvgIpc) is 2.69. The Hall–Kier alpha value is -2.62. The van der Waals surface area contributed by atoms with Crippen LogP contribution in [0.4, 0.5) is 0 Å². The summed E-state index contributed by atoms with van der Waals surface area (Å²) in [6.07, 6.45) is 2.24. The van der Waals surface area contributed by atoms with E-state index < -0.39 is 5.97 Å². The molecule has 0 aromatic heterocycles. The third-order valence-corrected chi connectivity index (χ3v) is 6.14. The lowest BCUT2D eigenvalue weighted by Crippen LogP contribution is -2.34. The van der Waals surface area contributed by atoms with Gasteiger partial charge in [0.05, 0.1) is 12.7 Å². The van der Waals surface area contributed by atoms with E-state index in [0.717, 1.165) is 18.4 Å². The van der Waals surface area contributed by atoms with Crippen molar-refractivity contribution in [3.05, 3.63) is 64.2 Å². The van der Waals surface area contributed by atoms with Gasteiger partial charge >= 0.3 is 5.97 Å². The van der Waals surface area contributed by atoms with Crippen molar-refractivity contribution in [3.8, 4) is 5.75 Å². The maximum atomic E-state index is 12.8. The van der Waals surface area contributed by atoms with Crippen molar-refractivity contribution in [2.45, 2.75) is 58.3 Å². The van der Waals surface area contributed by atoms with Gasteiger partial charge in [-0.25, -0.2) is 4.79 Å². The zero-order valence-electron chi connectivity index (χ0n) is 18.2. The second-order valence-corrected chi connectivity index (χ2v) is 9.21. The molecule has 0 aliphatic heterocycles. The molecule has 0 saturated carbocycles. The van der Waals surface area contributed by atoms with Crippen molar-refractivity contribution < 1.29 is 19.1 Å². The van der Waals surface area contributed by atoms with Crippen LogP contribution in [0.1, 0.15) is 77.9 Å². The van der Waals surface area contributed by atoms with Crippen LogP contribution in [0.25, 0.3) is 0 Å². The number of ketones is 1. The zero-order valence-corrected chi connectivity index (χ0v) is 18.2. The van der Waals surface area contributed by atoms with Crippen LogP contribution in [0.5, 0.6) is 5.75 Å². The number of methoxy groups -OCH3 is 1. The first kappa shape index (κ1) is 21.1. The largest absolute Gasteiger partial charge is 0.485 e. The predicted molar refractivity (Wildman–Crippen MR) is 114 cm³/mol. The minimum absolute atomic E-state index is 0.0490. The fourth-order valence-electron chi connectivity index (χ4n) is 3.99. The summed E-state index contributed by atoms with van der Waals surface area (Å²) in [5.74, 6) is 0.0104. The third kappa shape index (κ3) is 4.21. The molecule has 0 fully saturated rings. The van der Waals surface area contributed by atoms with Gasteiger partial charge < -0.3 is 9.47 Å². The SMILES string of the molecule is COC(=O)c1ccc(C)c(OCC(=O)c2ccc3c(c2)C(C)(C)CCC3(C)C)c1. The van der Waals surface area contributed by atoms with Gasteiger partial charge in [-0.15, -0.1) is 0 Å². The van der Waals surface area contributed by atoms with Gasteiger partial charge in [-0.05, 0) is 65.5 Å². The number of fused-ring (bicyclic) bond motifs is 1. The van der Waals surface area contributed by atoms with E-state index in [2.05, 4.69) is 33.8 Å². The Kier molecular flexibility index (Phi) is 5.57. The molecule has 0 atom stereocenters. The van der Waals surface area contributed by atoms with Gasteiger partial charge in [0.1, 0.15) is 5.75 Å². The molecule has 0 saturated heterocycles. The van der Waals surface area contributed by atoms with Crippen LogP contribution < -0.4 is 4.74 Å². The van der Waals surface area contributed by atoms with E-state index in [-0.39, 0.29) is 23.2 Å². The lowest BCUT2D eigenvalue weighted by molar-refractivity contribution is 0.0600. The van der Waals surface area contributed by atoms with E-state index in [1.165, 1.54) is 18.2 Å². The Morgan fingerprint density at radius 3 is 2.17 bits per heavy atom. The Balaban J connectivity index is 1.82. The summed E-state index contributed by atoms with van der Waals surface area (Å²) in [4.78, 5) is 24.6. The van der Waals surface area contributed by atoms with Crippen LogP contribution in [0.3, 0.4) is 0 Å². The molecule has 0 amide bonds. The van der Waals surface area contributed by atoms with Gasteiger partial charge in [-0.3, -0.25) is 4.79 Å². The monoisotopic (exact) mass is 394 g/mol. The van der Waals surface area contributed by atoms with Crippen LogP contribution in [0.15, 0.2) is 36.4 Å². The molecule has 0 spiro atoms. The molecule has 0 radical (unpaired) electrons. The molecular formula is C25H30O4. The molecular weight excluding hydrogens is 364 g/mol. The van der Waals surface area contributed by atoms with Crippen molar-refractivity contribution in [3.63, 3.8) is 0 Å². The average molecular weight is 395 g/mol. The van der Waals surface area contributed by atoms with Gasteiger partial charge in [-0.2, -0.15) is 0 Å². The maximum Gasteiger partial charge on any atom is 0.337 e. The van der Waals surface area contributed by atoms with E-state index in [1.54, 1.807) is 18.2 Å². The van der Waals surface area contributed by atoms with Crippen LogP contribution in [-0.2, 0) is 15.6 Å². The quantitative estimate of drug-likeness (QED) is 0.504. The Morgan fingerprint density at radius 2 is 1.52 bits per heavy atom. The minimum atomic E-state index is -0.430. The minimum Gasteiger partial charge on any atom is -0.485 e. The number of carbonyl (C=O) groups is 2. The van der Waals surface area contributed by atoms with Crippen molar-refractivity contribution >= 4 is 11.8 Å². The first-order valence-electron chi connectivity index (χ1n) is 10.1. The number of Topliss-reactive ketones (excluding diaryl/α,β-unsaturated/α-hetero) is 1. The normalized spacial score (nSPS) is 16.6. The highest BCUT2D eigenvalue weighted by molar-refractivity contribution is 5.97. The highest BCUT2D eigenvalue weighted by Gasteiger charge is 2.37. The summed E-state index contributed by atoms with van der Waals surface area (Å²) in [7, 11) is 1.34. The molecule has 0 bridgehead atoms. The summed E-state index contributed by atoms with van der Waals surface area (Å²) in [5.41, 5.74) is 4.67. The Morgan fingerprint density at radius 1 is 0.897 bits per heavy atom. The third-order valence-electron chi connectivity index (χ3n) is 6.14. The number of hydrogen-bond acceptors (Lipinski definition) is 4. The van der Waals surface area contributed by atoms with Gasteiger partial charge in [0.2, 0.25) is 0 Å². The molecule has 0 unspecified atom stereocenters. The number of aryl methyl sites for hydroxylation is 1. The summed E-state index contributed by atoms with van der Waals surface area (Å²) in [5, 5.41) is 0. The van der Waals surface area contributed by atoms with Gasteiger partial charge in [-0.1, -0.05) is 45.9 Å². The maximum absolute atomic E-state index is 12.8. The van der Waals surface area contributed by atoms with E-state index >= 15 is 0 Å². The highest BCUT2D eigenvalue weighted by Crippen LogP contribution is 2.45. The molecule has 1 aliphatic carbocycles. The summed E-state index contributed by atoms with van der Waals surface area (Å²) in [6, 6.07) is 11.1. The Labute approximate surface area is 173 Å². The van der Waals surface area contributed by atoms with Gasteiger partial charge in [0, 0.05) is 5.56 Å². The standard InChI is InChI=1S/C25H30O4/c1-16-7-8-18(23(27)28-6)14-22(16)29-15-21(26)17-9-10-19-20(13-17)25(4,5)12-11-24(19,2)3/h7-10,13-14H,11-12,15H2,1-6H3. The van der Waals surface area contributed by atoms with Crippen LogP contribution in [0.2, 0.25) is 0 Å². The molecule has 154 valence electrons. The predicted octanol–water partition coefficient (Wildman–Crippen LogP) is 5.39. The molecule has 4 nitrogen and oxygen atoms in total. The second-order valence-electron chi connectivity index (χ2n) is 9.21. The smallest absolute Gasteiger partial charge is 0.337 e. The molecule has 0 heterocycles. The van der Waals surface area contributed by atoms with Gasteiger partial charge in [0.25, 0.3) is 0 Å². The molecule has 4 heteroatoms. The molecule has 29 heavy (non-hydrogen) atoms. The number of benzene rings is 2. The lowest BCUT2D eigenvalue weighted by Gasteiger charge is -2.42. The topological polar surface area (TPSA) is 52.6 Å². The highest BCUT2D eigenvalue weighted by atomic mass is 16.5. The summed E-state index contributed by atoms with van der Waals surface area (Å²) in [6.45, 7) is 10.8. The zero-order chi connectivity index (χ0) is 21.4. The Bertz CT molecular complexity index is 953. The molecule has 1 aliphatic rings. The number of hydrogen-bond donors (Lipinski definition) is 0. The number of esters is 1. The molecule has 3 rings (SSSR count). The van der Waals surface area contributed by atoms with Crippen LogP contribution in [-0.4, -0.2) is 25.5 Å². The molecule has 2 aromatic carbocycles. The first-order chi connectivity index (χ1) is 13.5. The van der Waals surface area contributed by atoms with Crippen molar-refractivity contribution in [2.24, 2.45) is 0 Å². The van der Waals surface area contributed by atoms with E-state index in [1.807, 2.05) is 19.1 Å². The van der Waals surface area contributed by atoms with Crippen LogP contribution >= 0.6 is 0 Å². The van der Waals surface area contributed by atoms with E-state index in [0.29, 0.717) is 16.9 Å². The van der Waals surface area contributed by atoms with Crippen molar-refractivity contribution in [1.29, 1.82) is 0 Å². The fourth-order valence-corrected chi connectivity index (χ4v) is 3.99.